The van der Waals surface area contributed by atoms with Gasteiger partial charge in [0.05, 0.1) is 5.69 Å². The molecule has 2 aromatic heterocycles. The van der Waals surface area contributed by atoms with E-state index in [9.17, 15) is 0 Å². The first kappa shape index (κ1) is 10.7. The molecule has 0 aromatic carbocycles. The second-order valence-electron chi connectivity index (χ2n) is 3.22. The first-order valence-electron chi connectivity index (χ1n) is 4.50. The zero-order chi connectivity index (χ0) is 10.8. The van der Waals surface area contributed by atoms with E-state index in [4.69, 9.17) is 5.73 Å². The summed E-state index contributed by atoms with van der Waals surface area (Å²) in [6.45, 7) is 1.95. The van der Waals surface area contributed by atoms with Crippen molar-refractivity contribution < 1.29 is 0 Å². The predicted molar refractivity (Wildman–Crippen MR) is 65.6 cm³/mol. The SMILES string of the molecule is CC(N)c1cnc(-c2ccc(Br)cn2)s1. The van der Waals surface area contributed by atoms with Crippen LogP contribution >= 0.6 is 27.3 Å². The van der Waals surface area contributed by atoms with E-state index in [2.05, 4.69) is 25.9 Å². The van der Waals surface area contributed by atoms with Gasteiger partial charge in [-0.05, 0) is 35.0 Å². The van der Waals surface area contributed by atoms with E-state index in [-0.39, 0.29) is 6.04 Å². The Bertz CT molecular complexity index is 450. The van der Waals surface area contributed by atoms with Gasteiger partial charge in [0.15, 0.2) is 0 Å². The molecule has 0 saturated carbocycles. The van der Waals surface area contributed by atoms with Gasteiger partial charge in [0.25, 0.3) is 0 Å². The highest BCUT2D eigenvalue weighted by Gasteiger charge is 2.08. The Balaban J connectivity index is 2.33. The zero-order valence-corrected chi connectivity index (χ0v) is 10.5. The number of pyridine rings is 1. The van der Waals surface area contributed by atoms with Crippen molar-refractivity contribution in [2.75, 3.05) is 0 Å². The van der Waals surface area contributed by atoms with Crippen LogP contribution in [0.4, 0.5) is 0 Å². The van der Waals surface area contributed by atoms with E-state index in [0.717, 1.165) is 20.1 Å². The van der Waals surface area contributed by atoms with Crippen LogP contribution in [0.15, 0.2) is 29.0 Å². The Morgan fingerprint density at radius 1 is 1.33 bits per heavy atom. The zero-order valence-electron chi connectivity index (χ0n) is 8.14. The number of halogens is 1. The van der Waals surface area contributed by atoms with Crippen LogP contribution in [-0.4, -0.2) is 9.97 Å². The molecule has 1 atom stereocenters. The first-order chi connectivity index (χ1) is 7.16. The molecule has 0 aliphatic carbocycles. The maximum atomic E-state index is 5.77. The largest absolute Gasteiger partial charge is 0.323 e. The summed E-state index contributed by atoms with van der Waals surface area (Å²) in [5.74, 6) is 0. The molecule has 2 N–H and O–H groups in total. The molecular weight excluding hydrogens is 274 g/mol. The molecule has 0 spiro atoms. The molecule has 0 radical (unpaired) electrons. The van der Waals surface area contributed by atoms with Crippen LogP contribution in [0, 0.1) is 0 Å². The summed E-state index contributed by atoms with van der Waals surface area (Å²) in [7, 11) is 0. The van der Waals surface area contributed by atoms with Gasteiger partial charge in [-0.15, -0.1) is 11.3 Å². The highest BCUT2D eigenvalue weighted by Crippen LogP contribution is 2.26. The van der Waals surface area contributed by atoms with Crippen molar-refractivity contribution in [3.05, 3.63) is 33.9 Å². The second kappa shape index (κ2) is 4.38. The molecule has 0 aliphatic heterocycles. The third-order valence-corrected chi connectivity index (χ3v) is 3.61. The molecule has 2 heterocycles. The van der Waals surface area contributed by atoms with Crippen molar-refractivity contribution in [1.82, 2.24) is 9.97 Å². The van der Waals surface area contributed by atoms with Crippen molar-refractivity contribution in [1.29, 1.82) is 0 Å². The van der Waals surface area contributed by atoms with Gasteiger partial charge in [0.1, 0.15) is 5.01 Å². The number of hydrogen-bond acceptors (Lipinski definition) is 4. The van der Waals surface area contributed by atoms with Crippen LogP contribution in [0.1, 0.15) is 17.8 Å². The van der Waals surface area contributed by atoms with E-state index < -0.39 is 0 Å². The highest BCUT2D eigenvalue weighted by atomic mass is 79.9. The van der Waals surface area contributed by atoms with E-state index in [1.165, 1.54) is 0 Å². The second-order valence-corrected chi connectivity index (χ2v) is 5.20. The standard InChI is InChI=1S/C10H10BrN3S/c1-6(12)9-5-14-10(15-9)8-3-2-7(11)4-13-8/h2-6H,12H2,1H3. The van der Waals surface area contributed by atoms with Gasteiger partial charge in [0, 0.05) is 27.8 Å². The lowest BCUT2D eigenvalue weighted by molar-refractivity contribution is 0.835. The molecule has 5 heteroatoms. The van der Waals surface area contributed by atoms with Crippen molar-refractivity contribution in [2.45, 2.75) is 13.0 Å². The Hall–Kier alpha value is -0.780. The van der Waals surface area contributed by atoms with Crippen molar-refractivity contribution in [2.24, 2.45) is 5.73 Å². The van der Waals surface area contributed by atoms with Gasteiger partial charge in [-0.3, -0.25) is 4.98 Å². The summed E-state index contributed by atoms with van der Waals surface area (Å²) in [4.78, 5) is 9.66. The average Bonchev–Trinajstić information content (AvgIpc) is 2.68. The minimum absolute atomic E-state index is 0.0340. The Morgan fingerprint density at radius 2 is 2.13 bits per heavy atom. The van der Waals surface area contributed by atoms with Gasteiger partial charge in [-0.2, -0.15) is 0 Å². The van der Waals surface area contributed by atoms with E-state index in [1.807, 2.05) is 25.3 Å². The number of nitrogens with two attached hydrogens (primary N) is 1. The molecule has 15 heavy (non-hydrogen) atoms. The van der Waals surface area contributed by atoms with Crippen LogP contribution in [-0.2, 0) is 0 Å². The monoisotopic (exact) mass is 283 g/mol. The van der Waals surface area contributed by atoms with Crippen molar-refractivity contribution in [3.63, 3.8) is 0 Å². The van der Waals surface area contributed by atoms with Gasteiger partial charge in [-0.1, -0.05) is 0 Å². The highest BCUT2D eigenvalue weighted by molar-refractivity contribution is 9.10. The number of hydrogen-bond donors (Lipinski definition) is 1. The molecule has 0 amide bonds. The molecule has 78 valence electrons. The fourth-order valence-corrected chi connectivity index (χ4v) is 2.20. The van der Waals surface area contributed by atoms with Gasteiger partial charge in [0.2, 0.25) is 0 Å². The maximum absolute atomic E-state index is 5.77. The third-order valence-electron chi connectivity index (χ3n) is 1.92. The van der Waals surface area contributed by atoms with Crippen LogP contribution in [0.25, 0.3) is 10.7 Å². The topological polar surface area (TPSA) is 51.8 Å². The third kappa shape index (κ3) is 2.42. The fraction of sp³-hybridized carbons (Fsp3) is 0.200. The summed E-state index contributed by atoms with van der Waals surface area (Å²) in [5.41, 5.74) is 6.66. The predicted octanol–water partition coefficient (Wildman–Crippen LogP) is 2.99. The minimum Gasteiger partial charge on any atom is -0.323 e. The van der Waals surface area contributed by atoms with Gasteiger partial charge >= 0.3 is 0 Å². The maximum Gasteiger partial charge on any atom is 0.142 e. The molecule has 0 aliphatic rings. The fourth-order valence-electron chi connectivity index (χ4n) is 1.12. The minimum atomic E-state index is 0.0340. The van der Waals surface area contributed by atoms with E-state index >= 15 is 0 Å². The lowest BCUT2D eigenvalue weighted by atomic mass is 10.3. The number of aromatic nitrogens is 2. The Labute approximate surface area is 101 Å². The van der Waals surface area contributed by atoms with Crippen LogP contribution in [0.2, 0.25) is 0 Å². The number of nitrogens with zero attached hydrogens (tertiary/aromatic N) is 2. The van der Waals surface area contributed by atoms with Crippen LogP contribution in [0.3, 0.4) is 0 Å². The van der Waals surface area contributed by atoms with Crippen molar-refractivity contribution >= 4 is 27.3 Å². The normalized spacial score (nSPS) is 12.7. The molecule has 0 fully saturated rings. The number of rotatable bonds is 2. The quantitative estimate of drug-likeness (QED) is 0.922. The molecule has 2 rings (SSSR count). The van der Waals surface area contributed by atoms with E-state index in [0.29, 0.717) is 0 Å². The van der Waals surface area contributed by atoms with Crippen LogP contribution in [0.5, 0.6) is 0 Å². The lowest BCUT2D eigenvalue weighted by Crippen LogP contribution is -2.01. The number of thiazole rings is 1. The molecular formula is C10H10BrN3S. The summed E-state index contributed by atoms with van der Waals surface area (Å²) in [6, 6.07) is 3.93. The first-order valence-corrected chi connectivity index (χ1v) is 6.11. The summed E-state index contributed by atoms with van der Waals surface area (Å²) in [6.07, 6.45) is 3.58. The average molecular weight is 284 g/mol. The summed E-state index contributed by atoms with van der Waals surface area (Å²) < 4.78 is 0.968. The summed E-state index contributed by atoms with van der Waals surface area (Å²) in [5, 5.41) is 0.912. The smallest absolute Gasteiger partial charge is 0.142 e. The lowest BCUT2D eigenvalue weighted by Gasteiger charge is -1.97. The Kier molecular flexibility index (Phi) is 3.14. The molecule has 0 bridgehead atoms. The molecule has 1 unspecified atom stereocenters. The van der Waals surface area contributed by atoms with Gasteiger partial charge < -0.3 is 5.73 Å². The molecule has 3 nitrogen and oxygen atoms in total. The van der Waals surface area contributed by atoms with E-state index in [1.54, 1.807) is 17.5 Å². The van der Waals surface area contributed by atoms with Gasteiger partial charge in [-0.25, -0.2) is 4.98 Å². The van der Waals surface area contributed by atoms with Crippen molar-refractivity contribution in [3.8, 4) is 10.7 Å². The molecule has 2 aromatic rings. The van der Waals surface area contributed by atoms with Crippen LogP contribution < -0.4 is 5.73 Å². The Morgan fingerprint density at radius 3 is 2.67 bits per heavy atom. The molecule has 0 saturated heterocycles. The summed E-state index contributed by atoms with van der Waals surface area (Å²) >= 11 is 4.93.